The first-order chi connectivity index (χ1) is 23.7. The molecule has 0 radical (unpaired) electrons. The van der Waals surface area contributed by atoms with Gasteiger partial charge in [0.05, 0.1) is 6.42 Å². The number of nitrogens with one attached hydrogen (secondary N) is 5. The van der Waals surface area contributed by atoms with Gasteiger partial charge in [-0.1, -0.05) is 82.6 Å². The number of aromatic amines is 1. The van der Waals surface area contributed by atoms with Gasteiger partial charge in [-0.15, -0.1) is 0 Å². The zero-order chi connectivity index (χ0) is 36.6. The molecule has 5 atom stereocenters. The fourth-order valence-corrected chi connectivity index (χ4v) is 6.16. The first-order valence-corrected chi connectivity index (χ1v) is 16.8. The Labute approximate surface area is 290 Å². The highest BCUT2D eigenvalue weighted by molar-refractivity contribution is 5.99. The van der Waals surface area contributed by atoms with Crippen LogP contribution in [-0.4, -0.2) is 64.3 Å². The van der Waals surface area contributed by atoms with Gasteiger partial charge in [-0.2, -0.15) is 0 Å². The zero-order valence-corrected chi connectivity index (χ0v) is 28.8. The SMILES string of the molecule is CC[C@H](C)[C@H](NC(=O)OCc1ccccc1)C(=O)N[C@@]1(C(=O)N[C@@H](C(=O)N[C@@H](CC(N)=O)C(N)=O)C(C)C)CCc2[nH]c3ccccc3c2C1. The molecule has 0 saturated heterocycles. The van der Waals surface area contributed by atoms with Crippen LogP contribution in [-0.2, 0) is 48.2 Å². The Morgan fingerprint density at radius 2 is 1.56 bits per heavy atom. The number of amides is 6. The summed E-state index contributed by atoms with van der Waals surface area (Å²) in [5.74, 6) is -4.58. The number of ether oxygens (including phenoxy) is 1. The first kappa shape index (κ1) is 37.4. The predicted octanol–water partition coefficient (Wildman–Crippen LogP) is 1.84. The van der Waals surface area contributed by atoms with Crippen LogP contribution in [0.5, 0.6) is 0 Å². The maximum absolute atomic E-state index is 14.5. The van der Waals surface area contributed by atoms with Crippen molar-refractivity contribution in [2.75, 3.05) is 0 Å². The van der Waals surface area contributed by atoms with Crippen molar-refractivity contribution in [2.24, 2.45) is 23.3 Å². The van der Waals surface area contributed by atoms with E-state index in [-0.39, 0.29) is 25.4 Å². The van der Waals surface area contributed by atoms with E-state index in [1.165, 1.54) is 0 Å². The van der Waals surface area contributed by atoms with Gasteiger partial charge < -0.3 is 42.5 Å². The molecule has 4 rings (SSSR count). The van der Waals surface area contributed by atoms with Gasteiger partial charge in [0.2, 0.25) is 29.5 Å². The summed E-state index contributed by atoms with van der Waals surface area (Å²) in [6.07, 6.45) is -0.0982. The molecule has 1 aliphatic rings. The van der Waals surface area contributed by atoms with Gasteiger partial charge in [0, 0.05) is 23.0 Å². The molecule has 50 heavy (non-hydrogen) atoms. The summed E-state index contributed by atoms with van der Waals surface area (Å²) in [4.78, 5) is 81.9. The second kappa shape index (κ2) is 16.3. The van der Waals surface area contributed by atoms with Crippen molar-refractivity contribution in [3.05, 3.63) is 71.4 Å². The third-order valence-electron chi connectivity index (χ3n) is 9.26. The third-order valence-corrected chi connectivity index (χ3v) is 9.26. The number of carbonyl (C=O) groups excluding carboxylic acids is 6. The van der Waals surface area contributed by atoms with E-state index in [9.17, 15) is 28.8 Å². The highest BCUT2D eigenvalue weighted by Crippen LogP contribution is 2.35. The lowest BCUT2D eigenvalue weighted by Crippen LogP contribution is -2.67. The lowest BCUT2D eigenvalue weighted by atomic mass is 9.78. The van der Waals surface area contributed by atoms with E-state index >= 15 is 0 Å². The average molecular weight is 690 g/mol. The molecule has 1 heterocycles. The number of nitrogens with two attached hydrogens (primary N) is 2. The number of H-pyrrole nitrogens is 1. The normalized spacial score (nSPS) is 17.8. The summed E-state index contributed by atoms with van der Waals surface area (Å²) in [5.41, 5.74) is 12.5. The number of fused-ring (bicyclic) bond motifs is 3. The van der Waals surface area contributed by atoms with Gasteiger partial charge in [0.15, 0.2) is 0 Å². The van der Waals surface area contributed by atoms with E-state index in [4.69, 9.17) is 16.2 Å². The quantitative estimate of drug-likeness (QED) is 0.125. The highest BCUT2D eigenvalue weighted by Gasteiger charge is 2.47. The Balaban J connectivity index is 1.63. The Bertz CT molecular complexity index is 1720. The van der Waals surface area contributed by atoms with Gasteiger partial charge in [-0.05, 0) is 41.9 Å². The molecule has 3 aromatic rings. The molecule has 0 spiro atoms. The third kappa shape index (κ3) is 8.98. The second-order valence-electron chi connectivity index (χ2n) is 13.3. The van der Waals surface area contributed by atoms with Crippen LogP contribution in [0.2, 0.25) is 0 Å². The standard InChI is InChI=1S/C36H47N7O7/c1-5-21(4)30(42-35(49)50-19-22-11-7-6-8-12-22)33(47)43-36(16-15-26-24(18-36)23-13-9-10-14-25(23)39-26)34(48)41-29(20(2)3)32(46)40-27(31(38)45)17-28(37)44/h6-14,20-21,27,29-30,39H,5,15-19H2,1-4H3,(H2,37,44)(H2,38,45)(H,40,46)(H,41,48)(H,42,49)(H,43,47)/t21-,27-,29+,30-,36-/m0/s1. The number of benzene rings is 2. The minimum atomic E-state index is -1.54. The van der Waals surface area contributed by atoms with Gasteiger partial charge in [0.1, 0.15) is 30.3 Å². The number of hydrogen-bond donors (Lipinski definition) is 7. The molecule has 0 bridgehead atoms. The lowest BCUT2D eigenvalue weighted by Gasteiger charge is -2.39. The number of primary amides is 2. The summed E-state index contributed by atoms with van der Waals surface area (Å²) >= 11 is 0. The molecule has 9 N–H and O–H groups in total. The predicted molar refractivity (Wildman–Crippen MR) is 186 cm³/mol. The molecule has 2 aromatic carbocycles. The molecule has 0 saturated carbocycles. The molecule has 14 heteroatoms. The maximum Gasteiger partial charge on any atom is 0.408 e. The summed E-state index contributed by atoms with van der Waals surface area (Å²) in [7, 11) is 0. The van der Waals surface area contributed by atoms with Crippen LogP contribution in [0.4, 0.5) is 4.79 Å². The van der Waals surface area contributed by atoms with Crippen molar-refractivity contribution in [2.45, 2.75) is 90.1 Å². The minimum absolute atomic E-state index is 0.00586. The van der Waals surface area contributed by atoms with Crippen molar-refractivity contribution in [3.63, 3.8) is 0 Å². The summed E-state index contributed by atoms with van der Waals surface area (Å²) in [5, 5.41) is 11.8. The minimum Gasteiger partial charge on any atom is -0.445 e. The maximum atomic E-state index is 14.5. The molecule has 0 aliphatic heterocycles. The largest absolute Gasteiger partial charge is 0.445 e. The van der Waals surface area contributed by atoms with Crippen molar-refractivity contribution in [1.82, 2.24) is 26.3 Å². The smallest absolute Gasteiger partial charge is 0.408 e. The molecule has 6 amide bonds. The number of hydrogen-bond acceptors (Lipinski definition) is 7. The van der Waals surface area contributed by atoms with Crippen LogP contribution >= 0.6 is 0 Å². The Hall–Kier alpha value is -5.40. The van der Waals surface area contributed by atoms with Crippen LogP contribution < -0.4 is 32.7 Å². The first-order valence-electron chi connectivity index (χ1n) is 16.8. The number of carbonyl (C=O) groups is 6. The Morgan fingerprint density at radius 1 is 0.880 bits per heavy atom. The summed E-state index contributed by atoms with van der Waals surface area (Å²) in [6.45, 7) is 7.10. The molecule has 268 valence electrons. The van der Waals surface area contributed by atoms with Crippen molar-refractivity contribution in [3.8, 4) is 0 Å². The number of para-hydroxylation sites is 1. The van der Waals surface area contributed by atoms with Gasteiger partial charge in [-0.3, -0.25) is 24.0 Å². The van der Waals surface area contributed by atoms with E-state index in [1.54, 1.807) is 13.8 Å². The van der Waals surface area contributed by atoms with Gasteiger partial charge in [-0.25, -0.2) is 4.79 Å². The molecule has 0 unspecified atom stereocenters. The van der Waals surface area contributed by atoms with E-state index in [0.29, 0.717) is 12.8 Å². The topological polar surface area (TPSA) is 228 Å². The molecular weight excluding hydrogens is 642 g/mol. The fraction of sp³-hybridized carbons (Fsp3) is 0.444. The van der Waals surface area contributed by atoms with E-state index in [2.05, 4.69) is 26.3 Å². The molecule has 1 aromatic heterocycles. The highest BCUT2D eigenvalue weighted by atomic mass is 16.5. The number of aryl methyl sites for hydroxylation is 1. The fourth-order valence-electron chi connectivity index (χ4n) is 6.16. The van der Waals surface area contributed by atoms with E-state index in [0.717, 1.165) is 27.7 Å². The monoisotopic (exact) mass is 689 g/mol. The van der Waals surface area contributed by atoms with Crippen molar-refractivity contribution < 1.29 is 33.5 Å². The van der Waals surface area contributed by atoms with E-state index in [1.807, 2.05) is 68.4 Å². The molecular formula is C36H47N7O7. The van der Waals surface area contributed by atoms with Crippen LogP contribution in [0.1, 0.15) is 63.8 Å². The number of aromatic nitrogens is 1. The lowest BCUT2D eigenvalue weighted by molar-refractivity contribution is -0.138. The van der Waals surface area contributed by atoms with Crippen LogP contribution in [0.15, 0.2) is 54.6 Å². The number of rotatable bonds is 15. The molecule has 14 nitrogen and oxygen atoms in total. The second-order valence-corrected chi connectivity index (χ2v) is 13.3. The average Bonchev–Trinajstić information content (AvgIpc) is 3.45. The summed E-state index contributed by atoms with van der Waals surface area (Å²) < 4.78 is 5.41. The zero-order valence-electron chi connectivity index (χ0n) is 28.8. The van der Waals surface area contributed by atoms with Crippen LogP contribution in [0.25, 0.3) is 10.9 Å². The van der Waals surface area contributed by atoms with Crippen LogP contribution in [0, 0.1) is 11.8 Å². The van der Waals surface area contributed by atoms with Crippen molar-refractivity contribution >= 4 is 46.5 Å². The van der Waals surface area contributed by atoms with Gasteiger partial charge in [0.25, 0.3) is 0 Å². The van der Waals surface area contributed by atoms with Crippen LogP contribution in [0.3, 0.4) is 0 Å². The van der Waals surface area contributed by atoms with Gasteiger partial charge >= 0.3 is 6.09 Å². The van der Waals surface area contributed by atoms with Crippen molar-refractivity contribution in [1.29, 1.82) is 0 Å². The van der Waals surface area contributed by atoms with E-state index < -0.39 is 71.6 Å². The molecule has 0 fully saturated rings. The summed E-state index contributed by atoms with van der Waals surface area (Å²) in [6, 6.07) is 13.2. The molecule has 1 aliphatic carbocycles. The Kier molecular flexibility index (Phi) is 12.2. The number of alkyl carbamates (subject to hydrolysis) is 1. The Morgan fingerprint density at radius 3 is 2.20 bits per heavy atom.